The van der Waals surface area contributed by atoms with Crippen LogP contribution in [0.4, 0.5) is 8.78 Å². The van der Waals surface area contributed by atoms with Gasteiger partial charge in [0.05, 0.1) is 12.4 Å². The van der Waals surface area contributed by atoms with Gasteiger partial charge >= 0.3 is 0 Å². The predicted octanol–water partition coefficient (Wildman–Crippen LogP) is 3.18. The minimum absolute atomic E-state index is 0.164. The van der Waals surface area contributed by atoms with E-state index in [1.807, 2.05) is 0 Å². The Balaban J connectivity index is 2.64. The fraction of sp³-hybridized carbons (Fsp3) is 0. The van der Waals surface area contributed by atoms with Crippen LogP contribution in [0.5, 0.6) is 0 Å². The molecule has 0 atom stereocenters. The molecule has 2 aromatic rings. The van der Waals surface area contributed by atoms with E-state index in [9.17, 15) is 8.78 Å². The summed E-state index contributed by atoms with van der Waals surface area (Å²) < 4.78 is 26.9. The molecular weight excluding hydrogens is 266 g/mol. The number of hydrogen-bond acceptors (Lipinski definition) is 2. The van der Waals surface area contributed by atoms with Gasteiger partial charge in [-0.1, -0.05) is 0 Å². The largest absolute Gasteiger partial charge is 0.207 e. The van der Waals surface area contributed by atoms with E-state index < -0.39 is 11.6 Å². The van der Waals surface area contributed by atoms with Crippen LogP contribution >= 0.6 is 15.9 Å². The van der Waals surface area contributed by atoms with Crippen molar-refractivity contribution >= 4 is 15.9 Å². The van der Waals surface area contributed by atoms with Crippen molar-refractivity contribution in [1.82, 2.24) is 10.2 Å². The lowest BCUT2D eigenvalue weighted by atomic mass is 10.1. The first kappa shape index (κ1) is 10.2. The lowest BCUT2D eigenvalue weighted by Gasteiger charge is -2.04. The minimum Gasteiger partial charge on any atom is -0.207 e. The van der Waals surface area contributed by atoms with Crippen LogP contribution in [0.3, 0.4) is 0 Å². The molecule has 0 saturated heterocycles. The normalized spacial score (nSPS) is 10.3. The second-order valence-corrected chi connectivity index (χ2v) is 3.73. The Labute approximate surface area is 93.1 Å². The van der Waals surface area contributed by atoms with Crippen LogP contribution < -0.4 is 0 Å². The second-order valence-electron chi connectivity index (χ2n) is 2.87. The van der Waals surface area contributed by atoms with E-state index in [-0.39, 0.29) is 5.56 Å². The summed E-state index contributed by atoms with van der Waals surface area (Å²) in [6, 6.07) is 3.27. The summed E-state index contributed by atoms with van der Waals surface area (Å²) in [4.78, 5) is 0. The third kappa shape index (κ3) is 2.02. The zero-order valence-corrected chi connectivity index (χ0v) is 9.00. The van der Waals surface area contributed by atoms with Gasteiger partial charge in [-0.05, 0) is 34.1 Å². The highest BCUT2D eigenvalue weighted by molar-refractivity contribution is 9.10. The molecule has 0 spiro atoms. The first-order chi connectivity index (χ1) is 7.18. The Morgan fingerprint density at radius 3 is 2.47 bits per heavy atom. The summed E-state index contributed by atoms with van der Waals surface area (Å²) in [5, 5.41) is 7.23. The van der Waals surface area contributed by atoms with Gasteiger partial charge in [-0.15, -0.1) is 0 Å². The van der Waals surface area contributed by atoms with Crippen molar-refractivity contribution in [2.45, 2.75) is 0 Å². The van der Waals surface area contributed by atoms with E-state index in [4.69, 9.17) is 0 Å². The average Bonchev–Trinajstić information content (AvgIpc) is 2.23. The number of rotatable bonds is 1. The predicted molar refractivity (Wildman–Crippen MR) is 55.1 cm³/mol. The van der Waals surface area contributed by atoms with Crippen molar-refractivity contribution in [3.8, 4) is 11.1 Å². The molecule has 1 heterocycles. The topological polar surface area (TPSA) is 25.8 Å². The first-order valence-corrected chi connectivity index (χ1v) is 4.89. The molecule has 2 nitrogen and oxygen atoms in total. The lowest BCUT2D eigenvalue weighted by molar-refractivity contribution is 0.603. The fourth-order valence-electron chi connectivity index (χ4n) is 1.21. The maximum Gasteiger partial charge on any atom is 0.131 e. The molecular formula is C10H5BrF2N2. The summed E-state index contributed by atoms with van der Waals surface area (Å²) in [6.45, 7) is 0. The van der Waals surface area contributed by atoms with Crippen LogP contribution in [0.1, 0.15) is 0 Å². The van der Waals surface area contributed by atoms with Gasteiger partial charge in [0.25, 0.3) is 0 Å². The molecule has 0 aliphatic carbocycles. The number of hydrogen-bond donors (Lipinski definition) is 0. The van der Waals surface area contributed by atoms with Crippen molar-refractivity contribution in [3.05, 3.63) is 46.7 Å². The zero-order chi connectivity index (χ0) is 10.8. The molecule has 0 fully saturated rings. The third-order valence-corrected chi connectivity index (χ3v) is 2.53. The Hall–Kier alpha value is -1.36. The van der Waals surface area contributed by atoms with Crippen molar-refractivity contribution in [3.63, 3.8) is 0 Å². The first-order valence-electron chi connectivity index (χ1n) is 4.10. The molecule has 0 bridgehead atoms. The smallest absolute Gasteiger partial charge is 0.131 e. The van der Waals surface area contributed by atoms with Crippen molar-refractivity contribution in [1.29, 1.82) is 0 Å². The van der Waals surface area contributed by atoms with Crippen molar-refractivity contribution < 1.29 is 8.78 Å². The van der Waals surface area contributed by atoms with Crippen LogP contribution in [0.15, 0.2) is 35.1 Å². The van der Waals surface area contributed by atoms with E-state index in [1.54, 1.807) is 0 Å². The number of halogens is 3. The Morgan fingerprint density at radius 1 is 1.00 bits per heavy atom. The van der Waals surface area contributed by atoms with Gasteiger partial charge in [-0.2, -0.15) is 10.2 Å². The highest BCUT2D eigenvalue weighted by atomic mass is 79.9. The monoisotopic (exact) mass is 270 g/mol. The Bertz CT molecular complexity index is 503. The van der Waals surface area contributed by atoms with E-state index in [0.29, 0.717) is 10.0 Å². The van der Waals surface area contributed by atoms with Gasteiger partial charge < -0.3 is 0 Å². The van der Waals surface area contributed by atoms with Crippen LogP contribution in [-0.4, -0.2) is 10.2 Å². The van der Waals surface area contributed by atoms with Crippen molar-refractivity contribution in [2.24, 2.45) is 0 Å². The van der Waals surface area contributed by atoms with Gasteiger partial charge in [-0.3, -0.25) is 0 Å². The summed E-state index contributed by atoms with van der Waals surface area (Å²) >= 11 is 3.20. The maximum absolute atomic E-state index is 13.4. The van der Waals surface area contributed by atoms with E-state index >= 15 is 0 Å². The summed E-state index contributed by atoms with van der Waals surface area (Å²) in [6.07, 6.45) is 2.81. The fourth-order valence-corrected chi connectivity index (χ4v) is 1.62. The van der Waals surface area contributed by atoms with Crippen LogP contribution in [0, 0.1) is 11.6 Å². The third-order valence-electron chi connectivity index (χ3n) is 1.90. The van der Waals surface area contributed by atoms with Gasteiger partial charge in [0.1, 0.15) is 11.6 Å². The summed E-state index contributed by atoms with van der Waals surface area (Å²) in [7, 11) is 0. The molecule has 0 radical (unpaired) electrons. The standard InChI is InChI=1S/C10H5BrF2N2/c11-9-5-15-14-4-8(9)7-3-6(12)1-2-10(7)13/h1-5H. The van der Waals surface area contributed by atoms with Crippen LogP contribution in [0.25, 0.3) is 11.1 Å². The van der Waals surface area contributed by atoms with Gasteiger partial charge in [0, 0.05) is 15.6 Å². The number of nitrogens with zero attached hydrogens (tertiary/aromatic N) is 2. The maximum atomic E-state index is 13.4. The van der Waals surface area contributed by atoms with Gasteiger partial charge in [0.15, 0.2) is 0 Å². The lowest BCUT2D eigenvalue weighted by Crippen LogP contribution is -1.90. The highest BCUT2D eigenvalue weighted by Crippen LogP contribution is 2.28. The van der Waals surface area contributed by atoms with Gasteiger partial charge in [-0.25, -0.2) is 8.78 Å². The van der Waals surface area contributed by atoms with Crippen LogP contribution in [0.2, 0.25) is 0 Å². The molecule has 1 aromatic heterocycles. The van der Waals surface area contributed by atoms with Gasteiger partial charge in [0.2, 0.25) is 0 Å². The second kappa shape index (κ2) is 4.02. The SMILES string of the molecule is Fc1ccc(F)c(-c2cnncc2Br)c1. The molecule has 0 saturated carbocycles. The van der Waals surface area contributed by atoms with Crippen LogP contribution in [-0.2, 0) is 0 Å². The Morgan fingerprint density at radius 2 is 1.73 bits per heavy atom. The molecule has 0 aliphatic rings. The molecule has 0 aliphatic heterocycles. The summed E-state index contributed by atoms with van der Waals surface area (Å²) in [5.74, 6) is -0.986. The molecule has 0 amide bonds. The molecule has 0 unspecified atom stereocenters. The van der Waals surface area contributed by atoms with E-state index in [0.717, 1.165) is 18.2 Å². The molecule has 76 valence electrons. The minimum atomic E-state index is -0.495. The molecule has 1 aromatic carbocycles. The number of aromatic nitrogens is 2. The highest BCUT2D eigenvalue weighted by Gasteiger charge is 2.09. The summed E-state index contributed by atoms with van der Waals surface area (Å²) in [5.41, 5.74) is 0.638. The number of benzene rings is 1. The Kier molecular flexibility index (Phi) is 2.73. The molecule has 2 rings (SSSR count). The van der Waals surface area contributed by atoms with Crippen molar-refractivity contribution in [2.75, 3.05) is 0 Å². The average molecular weight is 271 g/mol. The quantitative estimate of drug-likeness (QED) is 0.796. The zero-order valence-electron chi connectivity index (χ0n) is 7.42. The molecule has 5 heteroatoms. The molecule has 0 N–H and O–H groups in total. The van der Waals surface area contributed by atoms with E-state index in [2.05, 4.69) is 26.1 Å². The van der Waals surface area contributed by atoms with E-state index in [1.165, 1.54) is 12.4 Å². The molecule has 15 heavy (non-hydrogen) atoms.